The van der Waals surface area contributed by atoms with Crippen LogP contribution < -0.4 is 10.1 Å². The number of amides is 1. The molecule has 8 heteroatoms. The summed E-state index contributed by atoms with van der Waals surface area (Å²) < 4.78 is 19.5. The third kappa shape index (κ3) is 3.61. The first-order valence-electron chi connectivity index (χ1n) is 7.00. The fourth-order valence-electron chi connectivity index (χ4n) is 2.27. The second kappa shape index (κ2) is 7.31. The molecule has 0 fully saturated rings. The molecule has 0 bridgehead atoms. The summed E-state index contributed by atoms with van der Waals surface area (Å²) in [5.74, 6) is -2.75. The Morgan fingerprint density at radius 3 is 2.64 bits per heavy atom. The monoisotopic (exact) mass is 364 g/mol. The highest BCUT2D eigenvalue weighted by atomic mass is 35.5. The number of carboxylic acid groups (broad SMARTS) is 1. The number of ether oxygens (including phenoxy) is 1. The molecule has 2 aromatic rings. The Balaban J connectivity index is 2.78. The van der Waals surface area contributed by atoms with Gasteiger partial charge in [0.2, 0.25) is 5.91 Å². The van der Waals surface area contributed by atoms with Crippen molar-refractivity contribution in [1.29, 1.82) is 0 Å². The van der Waals surface area contributed by atoms with Gasteiger partial charge in [0, 0.05) is 18.1 Å². The molecule has 2 rings (SSSR count). The summed E-state index contributed by atoms with van der Waals surface area (Å²) in [6.07, 6.45) is 1.25. The van der Waals surface area contributed by atoms with Gasteiger partial charge in [-0.2, -0.15) is 0 Å². The fourth-order valence-corrected chi connectivity index (χ4v) is 2.50. The second-order valence-corrected chi connectivity index (χ2v) is 5.36. The van der Waals surface area contributed by atoms with E-state index >= 15 is 0 Å². The molecule has 0 saturated heterocycles. The van der Waals surface area contributed by atoms with Crippen molar-refractivity contribution in [1.82, 2.24) is 4.98 Å². The number of methoxy groups -OCH3 is 1. The Bertz CT molecular complexity index is 883. The van der Waals surface area contributed by atoms with Crippen molar-refractivity contribution >= 4 is 35.2 Å². The van der Waals surface area contributed by atoms with E-state index in [2.05, 4.69) is 16.9 Å². The number of anilines is 1. The zero-order valence-corrected chi connectivity index (χ0v) is 14.1. The summed E-state index contributed by atoms with van der Waals surface area (Å²) in [5, 5.41) is 11.9. The van der Waals surface area contributed by atoms with Gasteiger partial charge in [0.05, 0.1) is 23.5 Å². The number of carboxylic acids is 1. The number of hydrogen-bond donors (Lipinski definition) is 2. The lowest BCUT2D eigenvalue weighted by molar-refractivity contribution is -0.114. The minimum Gasteiger partial charge on any atom is -0.492 e. The summed E-state index contributed by atoms with van der Waals surface area (Å²) in [4.78, 5) is 26.9. The second-order valence-electron chi connectivity index (χ2n) is 4.95. The van der Waals surface area contributed by atoms with Crippen LogP contribution in [-0.2, 0) is 4.79 Å². The minimum atomic E-state index is -1.34. The van der Waals surface area contributed by atoms with E-state index in [9.17, 15) is 19.1 Å². The SMILES string of the molecule is C=Cc1c(NC(C)=O)cc(-c2ccc(Cl)c(OC)c2F)nc1C(=O)O. The van der Waals surface area contributed by atoms with Crippen molar-refractivity contribution in [2.24, 2.45) is 0 Å². The third-order valence-corrected chi connectivity index (χ3v) is 3.60. The van der Waals surface area contributed by atoms with Gasteiger partial charge in [0.25, 0.3) is 0 Å². The average Bonchev–Trinajstić information content (AvgIpc) is 2.54. The number of aromatic carboxylic acids is 1. The molecule has 0 aliphatic rings. The Hall–Kier alpha value is -2.93. The Labute approximate surface area is 147 Å². The number of aromatic nitrogens is 1. The van der Waals surface area contributed by atoms with Gasteiger partial charge < -0.3 is 15.2 Å². The van der Waals surface area contributed by atoms with E-state index < -0.39 is 17.7 Å². The van der Waals surface area contributed by atoms with Crippen LogP contribution in [0.25, 0.3) is 17.3 Å². The molecular weight excluding hydrogens is 351 g/mol. The van der Waals surface area contributed by atoms with Crippen LogP contribution in [0.4, 0.5) is 10.1 Å². The molecule has 1 aromatic carbocycles. The molecule has 0 spiro atoms. The summed E-state index contributed by atoms with van der Waals surface area (Å²) >= 11 is 5.87. The highest BCUT2D eigenvalue weighted by Crippen LogP contribution is 2.36. The quantitative estimate of drug-likeness (QED) is 0.841. The first-order chi connectivity index (χ1) is 11.8. The predicted octanol–water partition coefficient (Wildman–Crippen LogP) is 3.85. The molecule has 130 valence electrons. The molecule has 0 saturated carbocycles. The number of hydrogen-bond acceptors (Lipinski definition) is 4. The Morgan fingerprint density at radius 2 is 2.12 bits per heavy atom. The summed E-state index contributed by atoms with van der Waals surface area (Å²) in [6.45, 7) is 4.80. The van der Waals surface area contributed by atoms with Gasteiger partial charge in [-0.1, -0.05) is 24.3 Å². The van der Waals surface area contributed by atoms with E-state index in [1.807, 2.05) is 0 Å². The van der Waals surface area contributed by atoms with E-state index in [1.165, 1.54) is 38.3 Å². The molecule has 0 radical (unpaired) electrons. The van der Waals surface area contributed by atoms with Crippen LogP contribution in [0.5, 0.6) is 5.75 Å². The number of benzene rings is 1. The summed E-state index contributed by atoms with van der Waals surface area (Å²) in [6, 6.07) is 4.11. The average molecular weight is 365 g/mol. The normalized spacial score (nSPS) is 10.2. The Morgan fingerprint density at radius 1 is 1.44 bits per heavy atom. The smallest absolute Gasteiger partial charge is 0.355 e. The molecular formula is C17H14ClFN2O4. The van der Waals surface area contributed by atoms with Gasteiger partial charge in [-0.05, 0) is 18.2 Å². The van der Waals surface area contributed by atoms with Crippen molar-refractivity contribution in [3.05, 3.63) is 46.9 Å². The van der Waals surface area contributed by atoms with E-state index in [4.69, 9.17) is 16.3 Å². The molecule has 0 atom stereocenters. The fraction of sp³-hybridized carbons (Fsp3) is 0.118. The van der Waals surface area contributed by atoms with Gasteiger partial charge >= 0.3 is 5.97 Å². The number of rotatable bonds is 5. The molecule has 1 amide bonds. The maximum Gasteiger partial charge on any atom is 0.355 e. The van der Waals surface area contributed by atoms with Gasteiger partial charge in [-0.15, -0.1) is 0 Å². The third-order valence-electron chi connectivity index (χ3n) is 3.31. The van der Waals surface area contributed by atoms with Crippen LogP contribution in [0.1, 0.15) is 23.0 Å². The van der Waals surface area contributed by atoms with Gasteiger partial charge in [-0.3, -0.25) is 4.79 Å². The van der Waals surface area contributed by atoms with Crippen LogP contribution in [-0.4, -0.2) is 29.1 Å². The number of pyridine rings is 1. The van der Waals surface area contributed by atoms with Crippen LogP contribution in [0, 0.1) is 5.82 Å². The zero-order chi connectivity index (χ0) is 18.7. The molecule has 1 aromatic heterocycles. The number of halogens is 2. The molecule has 25 heavy (non-hydrogen) atoms. The molecule has 0 unspecified atom stereocenters. The first kappa shape index (κ1) is 18.4. The molecule has 6 nitrogen and oxygen atoms in total. The van der Waals surface area contributed by atoms with Crippen molar-refractivity contribution < 1.29 is 23.8 Å². The van der Waals surface area contributed by atoms with Crippen LogP contribution >= 0.6 is 11.6 Å². The van der Waals surface area contributed by atoms with Gasteiger partial charge in [-0.25, -0.2) is 14.2 Å². The van der Waals surface area contributed by atoms with Crippen molar-refractivity contribution in [3.63, 3.8) is 0 Å². The van der Waals surface area contributed by atoms with Crippen molar-refractivity contribution in [2.45, 2.75) is 6.92 Å². The largest absolute Gasteiger partial charge is 0.492 e. The van der Waals surface area contributed by atoms with E-state index in [-0.39, 0.29) is 39.0 Å². The zero-order valence-electron chi connectivity index (χ0n) is 13.4. The highest BCUT2D eigenvalue weighted by Gasteiger charge is 2.21. The predicted molar refractivity (Wildman–Crippen MR) is 92.5 cm³/mol. The highest BCUT2D eigenvalue weighted by molar-refractivity contribution is 6.32. The van der Waals surface area contributed by atoms with E-state index in [0.717, 1.165) is 0 Å². The number of carbonyl (C=O) groups excluding carboxylic acids is 1. The van der Waals surface area contributed by atoms with E-state index in [1.54, 1.807) is 0 Å². The number of nitrogens with one attached hydrogen (secondary N) is 1. The lowest BCUT2D eigenvalue weighted by Gasteiger charge is -2.14. The minimum absolute atomic E-state index is 0.000725. The van der Waals surface area contributed by atoms with Gasteiger partial charge in [0.1, 0.15) is 0 Å². The molecule has 0 aliphatic carbocycles. The lowest BCUT2D eigenvalue weighted by Crippen LogP contribution is -2.12. The van der Waals surface area contributed by atoms with E-state index in [0.29, 0.717) is 0 Å². The molecule has 0 aliphatic heterocycles. The maximum atomic E-state index is 14.6. The van der Waals surface area contributed by atoms with Crippen molar-refractivity contribution in [3.8, 4) is 17.0 Å². The topological polar surface area (TPSA) is 88.5 Å². The van der Waals surface area contributed by atoms with Gasteiger partial charge in [0.15, 0.2) is 17.3 Å². The maximum absolute atomic E-state index is 14.6. The van der Waals surface area contributed by atoms with Crippen LogP contribution in [0.2, 0.25) is 5.02 Å². The summed E-state index contributed by atoms with van der Waals surface area (Å²) in [7, 11) is 1.26. The molecule has 2 N–H and O–H groups in total. The Kier molecular flexibility index (Phi) is 5.38. The standard InChI is InChI=1S/C17H14ClFN2O4/c1-4-9-12(20-8(2)22)7-13(21-15(9)17(23)24)10-5-6-11(18)16(25-3)14(10)19/h4-7H,1H2,2-3H3,(H,23,24)(H,20,21,22). The first-order valence-corrected chi connectivity index (χ1v) is 7.38. The number of carbonyl (C=O) groups is 2. The van der Waals surface area contributed by atoms with Crippen molar-refractivity contribution in [2.75, 3.05) is 12.4 Å². The van der Waals surface area contributed by atoms with Crippen LogP contribution in [0.3, 0.4) is 0 Å². The lowest BCUT2D eigenvalue weighted by atomic mass is 10.0. The summed E-state index contributed by atoms with van der Waals surface area (Å²) in [5.41, 5.74) is -0.124. The number of nitrogens with zero attached hydrogens (tertiary/aromatic N) is 1. The molecule has 1 heterocycles. The van der Waals surface area contributed by atoms with Crippen LogP contribution in [0.15, 0.2) is 24.8 Å².